The molecule has 0 bridgehead atoms. The van der Waals surface area contributed by atoms with Gasteiger partial charge in [-0.25, -0.2) is 0 Å². The molecule has 0 heterocycles. The van der Waals surface area contributed by atoms with Crippen LogP contribution in [0.15, 0.2) is 60.7 Å². The highest BCUT2D eigenvalue weighted by Gasteiger charge is 1.96. The summed E-state index contributed by atoms with van der Waals surface area (Å²) in [5.74, 6) is 0. The predicted molar refractivity (Wildman–Crippen MR) is 115 cm³/mol. The van der Waals surface area contributed by atoms with E-state index in [1.165, 1.54) is 33.4 Å². The Bertz CT molecular complexity index is 884. The smallest absolute Gasteiger partial charge is 0.0317 e. The summed E-state index contributed by atoms with van der Waals surface area (Å²) in [6, 6.07) is 20.4. The van der Waals surface area contributed by atoms with Crippen LogP contribution in [-0.4, -0.2) is 0 Å². The van der Waals surface area contributed by atoms with Crippen molar-refractivity contribution in [2.24, 2.45) is 0 Å². The standard InChI is InChI=1S/C24H24N2/c1-17-15-23(25)13-11-21(17)9-7-19-3-5-20(6-4-19)8-10-22-12-14-24(26)16-18(22)2/h3-16H,25-26H2,1-2H3. The fourth-order valence-corrected chi connectivity index (χ4v) is 2.86. The van der Waals surface area contributed by atoms with Crippen molar-refractivity contribution in [1.29, 1.82) is 0 Å². The molecule has 0 aliphatic carbocycles. The largest absolute Gasteiger partial charge is 0.399 e. The third-order valence-corrected chi connectivity index (χ3v) is 4.43. The van der Waals surface area contributed by atoms with Crippen LogP contribution in [0.3, 0.4) is 0 Å². The highest BCUT2D eigenvalue weighted by atomic mass is 14.5. The molecule has 4 N–H and O–H groups in total. The van der Waals surface area contributed by atoms with E-state index in [-0.39, 0.29) is 0 Å². The van der Waals surface area contributed by atoms with Gasteiger partial charge in [0.2, 0.25) is 0 Å². The summed E-state index contributed by atoms with van der Waals surface area (Å²) in [4.78, 5) is 0. The Morgan fingerprint density at radius 1 is 0.538 bits per heavy atom. The molecule has 0 saturated heterocycles. The van der Waals surface area contributed by atoms with Gasteiger partial charge in [-0.15, -0.1) is 0 Å². The Labute approximate surface area is 155 Å². The molecule has 130 valence electrons. The zero-order chi connectivity index (χ0) is 18.5. The molecule has 3 aromatic carbocycles. The number of benzene rings is 3. The van der Waals surface area contributed by atoms with Gasteiger partial charge in [0.05, 0.1) is 0 Å². The summed E-state index contributed by atoms with van der Waals surface area (Å²) in [5.41, 5.74) is 20.3. The van der Waals surface area contributed by atoms with Crippen LogP contribution in [-0.2, 0) is 0 Å². The topological polar surface area (TPSA) is 52.0 Å². The van der Waals surface area contributed by atoms with Gasteiger partial charge in [0, 0.05) is 11.4 Å². The molecule has 0 amide bonds. The number of nitrogens with two attached hydrogens (primary N) is 2. The lowest BCUT2D eigenvalue weighted by molar-refractivity contribution is 1.44. The number of nitrogen functional groups attached to an aromatic ring is 2. The lowest BCUT2D eigenvalue weighted by Crippen LogP contribution is -1.87. The number of rotatable bonds is 4. The molecule has 0 fully saturated rings. The first-order valence-electron chi connectivity index (χ1n) is 8.70. The molecule has 0 aromatic heterocycles. The molecule has 0 atom stereocenters. The quantitative estimate of drug-likeness (QED) is 0.465. The second-order valence-corrected chi connectivity index (χ2v) is 6.57. The molecule has 2 heteroatoms. The minimum atomic E-state index is 0.798. The molecule has 3 aromatic rings. The molecule has 0 radical (unpaired) electrons. The normalized spacial score (nSPS) is 11.5. The Hall–Kier alpha value is -3.26. The summed E-state index contributed by atoms with van der Waals surface area (Å²) >= 11 is 0. The summed E-state index contributed by atoms with van der Waals surface area (Å²) in [6.45, 7) is 4.15. The van der Waals surface area contributed by atoms with Gasteiger partial charge in [0.25, 0.3) is 0 Å². The average Bonchev–Trinajstić information content (AvgIpc) is 2.61. The number of aryl methyl sites for hydroxylation is 2. The van der Waals surface area contributed by atoms with Gasteiger partial charge in [0.1, 0.15) is 0 Å². The van der Waals surface area contributed by atoms with Gasteiger partial charge in [-0.3, -0.25) is 0 Å². The highest BCUT2D eigenvalue weighted by Crippen LogP contribution is 2.18. The van der Waals surface area contributed by atoms with E-state index in [9.17, 15) is 0 Å². The zero-order valence-electron chi connectivity index (χ0n) is 15.2. The van der Waals surface area contributed by atoms with Crippen molar-refractivity contribution in [1.82, 2.24) is 0 Å². The van der Waals surface area contributed by atoms with E-state index < -0.39 is 0 Å². The SMILES string of the molecule is Cc1cc(N)ccc1C=Cc1ccc(C=Cc2ccc(N)cc2C)cc1. The Morgan fingerprint density at radius 2 is 0.923 bits per heavy atom. The van der Waals surface area contributed by atoms with Crippen molar-refractivity contribution in [2.75, 3.05) is 11.5 Å². The van der Waals surface area contributed by atoms with Gasteiger partial charge in [0.15, 0.2) is 0 Å². The molecule has 0 unspecified atom stereocenters. The molecule has 26 heavy (non-hydrogen) atoms. The van der Waals surface area contributed by atoms with Crippen LogP contribution in [0.4, 0.5) is 11.4 Å². The van der Waals surface area contributed by atoms with Gasteiger partial charge in [-0.2, -0.15) is 0 Å². The number of anilines is 2. The van der Waals surface area contributed by atoms with Gasteiger partial charge in [-0.1, -0.05) is 60.7 Å². The zero-order valence-corrected chi connectivity index (χ0v) is 15.2. The molecule has 0 aliphatic rings. The second kappa shape index (κ2) is 7.75. The maximum Gasteiger partial charge on any atom is 0.0317 e. The van der Waals surface area contributed by atoms with E-state index in [4.69, 9.17) is 11.5 Å². The van der Waals surface area contributed by atoms with Crippen molar-refractivity contribution in [3.63, 3.8) is 0 Å². The van der Waals surface area contributed by atoms with E-state index in [0.29, 0.717) is 0 Å². The van der Waals surface area contributed by atoms with Crippen LogP contribution in [0.2, 0.25) is 0 Å². The monoisotopic (exact) mass is 340 g/mol. The second-order valence-electron chi connectivity index (χ2n) is 6.57. The summed E-state index contributed by atoms with van der Waals surface area (Å²) in [7, 11) is 0. The third-order valence-electron chi connectivity index (χ3n) is 4.43. The Kier molecular flexibility index (Phi) is 5.23. The summed E-state index contributed by atoms with van der Waals surface area (Å²) in [5, 5.41) is 0. The van der Waals surface area contributed by atoms with Gasteiger partial charge >= 0.3 is 0 Å². The van der Waals surface area contributed by atoms with Crippen LogP contribution in [0, 0.1) is 13.8 Å². The van der Waals surface area contributed by atoms with Crippen LogP contribution in [0.5, 0.6) is 0 Å². The number of hydrogen-bond donors (Lipinski definition) is 2. The summed E-state index contributed by atoms with van der Waals surface area (Å²) < 4.78 is 0. The van der Waals surface area contributed by atoms with Crippen molar-refractivity contribution in [3.8, 4) is 0 Å². The molecular formula is C24H24N2. The van der Waals surface area contributed by atoms with Crippen molar-refractivity contribution >= 4 is 35.7 Å². The fourth-order valence-electron chi connectivity index (χ4n) is 2.86. The van der Waals surface area contributed by atoms with Gasteiger partial charge < -0.3 is 11.5 Å². The maximum atomic E-state index is 5.80. The van der Waals surface area contributed by atoms with Crippen molar-refractivity contribution in [2.45, 2.75) is 13.8 Å². The van der Waals surface area contributed by atoms with Gasteiger partial charge in [-0.05, 0) is 71.5 Å². The lowest BCUT2D eigenvalue weighted by Gasteiger charge is -2.03. The van der Waals surface area contributed by atoms with E-state index in [1.54, 1.807) is 0 Å². The van der Waals surface area contributed by atoms with Crippen LogP contribution in [0.1, 0.15) is 33.4 Å². The van der Waals surface area contributed by atoms with E-state index >= 15 is 0 Å². The Balaban J connectivity index is 1.72. The Morgan fingerprint density at radius 3 is 1.27 bits per heavy atom. The lowest BCUT2D eigenvalue weighted by atomic mass is 10.0. The summed E-state index contributed by atoms with van der Waals surface area (Å²) in [6.07, 6.45) is 8.49. The molecule has 0 aliphatic heterocycles. The minimum Gasteiger partial charge on any atom is -0.399 e. The fraction of sp³-hybridized carbons (Fsp3) is 0.0833. The minimum absolute atomic E-state index is 0.798. The molecular weight excluding hydrogens is 316 g/mol. The van der Waals surface area contributed by atoms with E-state index in [2.05, 4.69) is 62.4 Å². The van der Waals surface area contributed by atoms with Crippen LogP contribution in [0.25, 0.3) is 24.3 Å². The third kappa shape index (κ3) is 4.42. The van der Waals surface area contributed by atoms with E-state index in [0.717, 1.165) is 11.4 Å². The first kappa shape index (κ1) is 17.6. The molecule has 2 nitrogen and oxygen atoms in total. The molecule has 3 rings (SSSR count). The number of hydrogen-bond acceptors (Lipinski definition) is 2. The van der Waals surface area contributed by atoms with Crippen LogP contribution < -0.4 is 11.5 Å². The van der Waals surface area contributed by atoms with E-state index in [1.807, 2.05) is 36.4 Å². The van der Waals surface area contributed by atoms with Crippen molar-refractivity contribution < 1.29 is 0 Å². The first-order chi connectivity index (χ1) is 12.5. The predicted octanol–water partition coefficient (Wildman–Crippen LogP) is 5.81. The maximum absolute atomic E-state index is 5.80. The molecule has 0 saturated carbocycles. The average molecular weight is 340 g/mol. The van der Waals surface area contributed by atoms with Crippen molar-refractivity contribution in [3.05, 3.63) is 94.0 Å². The highest BCUT2D eigenvalue weighted by molar-refractivity contribution is 5.75. The first-order valence-corrected chi connectivity index (χ1v) is 8.70. The molecule has 0 spiro atoms. The van der Waals surface area contributed by atoms with Crippen LogP contribution >= 0.6 is 0 Å².